The lowest BCUT2D eigenvalue weighted by atomic mass is 9.97. The van der Waals surface area contributed by atoms with Crippen LogP contribution in [0.2, 0.25) is 0 Å². The topological polar surface area (TPSA) is 595 Å². The van der Waals surface area contributed by atoms with Gasteiger partial charge >= 0.3 is 7.60 Å². The minimum atomic E-state index is -3.89. The molecule has 0 aromatic heterocycles. The van der Waals surface area contributed by atoms with Crippen LogP contribution in [-0.2, 0) is 91.9 Å². The number of benzene rings is 1. The van der Waals surface area contributed by atoms with Crippen LogP contribution in [0.5, 0.6) is 0 Å². The standard InChI is InChI=1S/C74H127N10O29P/c1-44(2)114(105,106)110-43-49(39-85)24-9-15-33-78-69(102)52(38-48-22-7-6-8-23-48)84-71(104)51(26-11-17-32-76-57(93)28-13-19-36-108-73-61(80-46(4)90)67(100)64(97)54(41-87)112-73)83-70(103)50(25-10-16-31-75-56(92)27-12-18-35-107-72-60(79-45(3)89)66(99)63(96)53(40-86)111-72)82-59(95)30-21-34-77-58(94)29-14-20-37-109-74-62(81-47(5)91)68(101)65(98)55(42-88)113-74/h6-8,22-23,44,49-55,60-68,72-74,85-88,96-101H,9-21,24-43H2,1-5H3,(H,75,92)(H,76,93)(H,77,94)(H,78,102)(H,79,89)(H,80,90)(H,81,91)(H,82,95)(H,83,103)(H,84,104)(H,105,106)/t49?,50-,51-,52-,53?,54?,55?,60?,61?,62?,63-,64-,65-,66?,67?,68?,72+,73+,74+/m0/s1. The molecular formula is C74H127N10O29P. The molecule has 11 unspecified atom stereocenters. The van der Waals surface area contributed by atoms with E-state index in [1.165, 1.54) is 20.8 Å². The molecule has 1 aromatic rings. The zero-order chi connectivity index (χ0) is 84.3. The van der Waals surface area contributed by atoms with Gasteiger partial charge in [0.15, 0.2) is 18.9 Å². The molecule has 3 aliphatic rings. The van der Waals surface area contributed by atoms with Crippen molar-refractivity contribution in [2.75, 3.05) is 79.0 Å². The fourth-order valence-electron chi connectivity index (χ4n) is 12.6. The second-order valence-electron chi connectivity index (χ2n) is 29.1. The van der Waals surface area contributed by atoms with E-state index in [-0.39, 0.29) is 148 Å². The summed E-state index contributed by atoms with van der Waals surface area (Å²) in [5.41, 5.74) is 0.0269. The first kappa shape index (κ1) is 99.8. The van der Waals surface area contributed by atoms with E-state index < -0.39 is 190 Å². The molecule has 21 N–H and O–H groups in total. The van der Waals surface area contributed by atoms with Gasteiger partial charge in [-0.2, -0.15) is 0 Å². The highest BCUT2D eigenvalue weighted by Gasteiger charge is 2.48. The molecule has 0 radical (unpaired) electrons. The Kier molecular flexibility index (Phi) is 47.6. The third kappa shape index (κ3) is 36.9. The number of unbranched alkanes of at least 4 members (excludes halogenated alkanes) is 6. The summed E-state index contributed by atoms with van der Waals surface area (Å²) >= 11 is 0. The summed E-state index contributed by atoms with van der Waals surface area (Å²) < 4.78 is 51.7. The van der Waals surface area contributed by atoms with Gasteiger partial charge in [0.05, 0.1) is 32.1 Å². The first-order chi connectivity index (χ1) is 54.3. The van der Waals surface area contributed by atoms with Crippen molar-refractivity contribution >= 4 is 66.7 Å². The van der Waals surface area contributed by atoms with Crippen LogP contribution in [0.3, 0.4) is 0 Å². The lowest BCUT2D eigenvalue weighted by Crippen LogP contribution is -2.64. The zero-order valence-corrected chi connectivity index (χ0v) is 66.9. The van der Waals surface area contributed by atoms with E-state index in [0.717, 1.165) is 0 Å². The van der Waals surface area contributed by atoms with Gasteiger partial charge in [0.1, 0.15) is 91.2 Å². The molecule has 40 heteroatoms. The van der Waals surface area contributed by atoms with Gasteiger partial charge in [0.2, 0.25) is 59.1 Å². The number of rotatable bonds is 56. The van der Waals surface area contributed by atoms with E-state index in [9.17, 15) is 108 Å². The molecule has 39 nitrogen and oxygen atoms in total. The Balaban J connectivity index is 1.46. The minimum Gasteiger partial charge on any atom is -0.396 e. The van der Waals surface area contributed by atoms with E-state index in [2.05, 4.69) is 53.2 Å². The maximum absolute atomic E-state index is 14.8. The molecule has 0 bridgehead atoms. The van der Waals surface area contributed by atoms with Gasteiger partial charge < -0.3 is 142 Å². The van der Waals surface area contributed by atoms with E-state index in [0.29, 0.717) is 69.8 Å². The molecule has 3 saturated heterocycles. The molecule has 114 heavy (non-hydrogen) atoms. The zero-order valence-electron chi connectivity index (χ0n) is 66.0. The fourth-order valence-corrected chi connectivity index (χ4v) is 13.4. The van der Waals surface area contributed by atoms with Crippen LogP contribution in [0.25, 0.3) is 0 Å². The number of aliphatic hydroxyl groups is 10. The van der Waals surface area contributed by atoms with Gasteiger partial charge in [-0.15, -0.1) is 0 Å². The van der Waals surface area contributed by atoms with Crippen molar-refractivity contribution < 1.29 is 141 Å². The van der Waals surface area contributed by atoms with Crippen LogP contribution in [0, 0.1) is 5.92 Å². The third-order valence-electron chi connectivity index (χ3n) is 19.3. The van der Waals surface area contributed by atoms with Gasteiger partial charge in [0, 0.05) is 111 Å². The monoisotopic (exact) mass is 1650 g/mol. The van der Waals surface area contributed by atoms with E-state index in [4.69, 9.17) is 32.9 Å². The molecular weight excluding hydrogens is 1520 g/mol. The Hall–Kier alpha value is -6.57. The number of amides is 10. The van der Waals surface area contributed by atoms with Crippen molar-refractivity contribution in [1.82, 2.24) is 53.2 Å². The molecule has 0 aliphatic carbocycles. The Morgan fingerprint density at radius 2 is 0.789 bits per heavy atom. The molecule has 3 heterocycles. The number of carbonyl (C=O) groups excluding carboxylic acids is 10. The number of hydrogen-bond donors (Lipinski definition) is 21. The second-order valence-corrected chi connectivity index (χ2v) is 31.6. The smallest absolute Gasteiger partial charge is 0.330 e. The SMILES string of the molecule is CC(=O)NC1C(O)[C@@H](O)C(CO)O[C@H]1OCCCCC(=O)NCCCC[C@H](NC(=O)CCCNC(=O)CCCCO[C@@H]1OC(CO)[C@H](O)C(O)C1NC(C)=O)C(=O)N[C@@H](CCCCNC(=O)CCCCO[C@@H]1OC(CO)[C@H](O)C(O)C1NC(C)=O)C(=O)N[C@@H](Cc1ccccc1)C(=O)NCCCCC(CO)COP(=O)(O)C(C)C. The molecule has 0 spiro atoms. The average Bonchev–Trinajstić information content (AvgIpc) is 0.818. The maximum atomic E-state index is 14.8. The fraction of sp³-hybridized carbons (Fsp3) is 0.784. The van der Waals surface area contributed by atoms with Crippen LogP contribution in [0.4, 0.5) is 0 Å². The number of hydrogen-bond acceptors (Lipinski definition) is 28. The van der Waals surface area contributed by atoms with Gasteiger partial charge in [-0.3, -0.25) is 52.5 Å². The van der Waals surface area contributed by atoms with Crippen LogP contribution in [0.15, 0.2) is 30.3 Å². The predicted octanol–water partition coefficient (Wildman–Crippen LogP) is -3.95. The van der Waals surface area contributed by atoms with Crippen LogP contribution < -0.4 is 53.2 Å². The Labute approximate surface area is 664 Å². The summed E-state index contributed by atoms with van der Waals surface area (Å²) in [6, 6.07) is 1.53. The van der Waals surface area contributed by atoms with E-state index in [1.54, 1.807) is 44.2 Å². The number of ether oxygens (including phenoxy) is 6. The number of nitrogens with one attached hydrogen (secondary N) is 10. The average molecular weight is 1650 g/mol. The third-order valence-corrected chi connectivity index (χ3v) is 21.1. The summed E-state index contributed by atoms with van der Waals surface area (Å²) in [6.45, 7) is 4.86. The second kappa shape index (κ2) is 54.4. The molecule has 3 aliphatic heterocycles. The lowest BCUT2D eigenvalue weighted by Gasteiger charge is -2.42. The van der Waals surface area contributed by atoms with Gasteiger partial charge in [-0.25, -0.2) is 0 Å². The molecule has 1 aromatic carbocycles. The summed E-state index contributed by atoms with van der Waals surface area (Å²) in [5, 5.41) is 129. The highest BCUT2D eigenvalue weighted by Crippen LogP contribution is 2.47. The maximum Gasteiger partial charge on any atom is 0.330 e. The number of carbonyl (C=O) groups is 10. The molecule has 10 amide bonds. The lowest BCUT2D eigenvalue weighted by molar-refractivity contribution is -0.270. The molecule has 0 saturated carbocycles. The van der Waals surface area contributed by atoms with Crippen molar-refractivity contribution in [2.45, 2.75) is 285 Å². The van der Waals surface area contributed by atoms with Crippen molar-refractivity contribution in [3.05, 3.63) is 35.9 Å². The van der Waals surface area contributed by atoms with E-state index >= 15 is 0 Å². The van der Waals surface area contributed by atoms with Gasteiger partial charge in [-0.1, -0.05) is 50.6 Å². The molecule has 4 rings (SSSR count). The van der Waals surface area contributed by atoms with Gasteiger partial charge in [0.25, 0.3) is 0 Å². The van der Waals surface area contributed by atoms with Crippen molar-refractivity contribution in [2.24, 2.45) is 5.92 Å². The van der Waals surface area contributed by atoms with Crippen molar-refractivity contribution in [3.8, 4) is 0 Å². The largest absolute Gasteiger partial charge is 0.396 e. The van der Waals surface area contributed by atoms with Crippen LogP contribution in [-0.4, -0.2) is 310 Å². The van der Waals surface area contributed by atoms with Crippen molar-refractivity contribution in [1.29, 1.82) is 0 Å². The Bertz CT molecular complexity index is 3100. The number of aliphatic hydroxyl groups excluding tert-OH is 10. The minimum absolute atomic E-state index is 0.00785. The summed E-state index contributed by atoms with van der Waals surface area (Å²) in [7, 11) is -3.89. The summed E-state index contributed by atoms with van der Waals surface area (Å²) in [5.74, 6) is -5.76. The Morgan fingerprint density at radius 3 is 1.17 bits per heavy atom. The summed E-state index contributed by atoms with van der Waals surface area (Å²) in [4.78, 5) is 142. The first-order valence-electron chi connectivity index (χ1n) is 39.5. The molecule has 652 valence electrons. The Morgan fingerprint density at radius 1 is 0.430 bits per heavy atom. The highest BCUT2D eigenvalue weighted by molar-refractivity contribution is 7.53. The van der Waals surface area contributed by atoms with Crippen LogP contribution >= 0.6 is 7.60 Å². The summed E-state index contributed by atoms with van der Waals surface area (Å²) in [6.07, 6.45) is -11.9. The molecule has 20 atom stereocenters. The van der Waals surface area contributed by atoms with Crippen molar-refractivity contribution in [3.63, 3.8) is 0 Å². The first-order valence-corrected chi connectivity index (χ1v) is 41.1. The quantitative estimate of drug-likeness (QED) is 0.0219. The normalized spacial score (nSPS) is 25.1. The predicted molar refractivity (Wildman–Crippen MR) is 406 cm³/mol. The highest BCUT2D eigenvalue weighted by atomic mass is 31.2. The van der Waals surface area contributed by atoms with Crippen LogP contribution in [0.1, 0.15) is 169 Å². The molecule has 3 fully saturated rings. The van der Waals surface area contributed by atoms with E-state index in [1.807, 2.05) is 0 Å². The van der Waals surface area contributed by atoms with Gasteiger partial charge in [-0.05, 0) is 102 Å².